The Kier molecular flexibility index (Phi) is 6.78. The van der Waals surface area contributed by atoms with Crippen molar-refractivity contribution in [2.75, 3.05) is 18.5 Å². The van der Waals surface area contributed by atoms with Crippen LogP contribution < -0.4 is 10.1 Å². The highest BCUT2D eigenvalue weighted by Crippen LogP contribution is 2.38. The molecule has 0 atom stereocenters. The number of anilines is 1. The number of ether oxygens (including phenoxy) is 1. The number of aromatic hydroxyl groups is 1. The van der Waals surface area contributed by atoms with Crippen LogP contribution in [0.1, 0.15) is 12.5 Å². The second-order valence-electron chi connectivity index (χ2n) is 6.07. The number of carbonyl (C=O) groups excluding carboxylic acids is 3. The van der Waals surface area contributed by atoms with Crippen LogP contribution in [0.2, 0.25) is 0 Å². The first-order valence-electron chi connectivity index (χ1n) is 8.75. The number of phenolic OH excluding ortho intramolecular Hbond substituents is 1. The summed E-state index contributed by atoms with van der Waals surface area (Å²) in [6.45, 7) is 1.53. The molecule has 0 spiro atoms. The molecule has 0 radical (unpaired) electrons. The number of rotatable bonds is 6. The summed E-state index contributed by atoms with van der Waals surface area (Å²) in [6.07, 6.45) is 1.35. The zero-order chi connectivity index (χ0) is 21.8. The zero-order valence-corrected chi connectivity index (χ0v) is 18.0. The molecule has 7 nitrogen and oxygen atoms in total. The molecule has 2 aromatic rings. The van der Waals surface area contributed by atoms with Gasteiger partial charge in [-0.25, -0.2) is 4.39 Å². The molecular weight excluding hydrogens is 479 g/mol. The van der Waals surface area contributed by atoms with Crippen molar-refractivity contribution in [2.24, 2.45) is 0 Å². The fraction of sp³-hybridized carbons (Fsp3) is 0.150. The smallest absolute Gasteiger partial charge is 0.294 e. The normalized spacial score (nSPS) is 15.0. The van der Waals surface area contributed by atoms with Crippen LogP contribution in [0.4, 0.5) is 14.9 Å². The summed E-state index contributed by atoms with van der Waals surface area (Å²) in [5, 5.41) is 12.0. The molecule has 2 N–H and O–H groups in total. The summed E-state index contributed by atoms with van der Waals surface area (Å²) in [5.74, 6) is -1.99. The van der Waals surface area contributed by atoms with Crippen LogP contribution in [0, 0.1) is 5.82 Å². The highest BCUT2D eigenvalue weighted by atomic mass is 79.9. The molecule has 0 aliphatic carbocycles. The summed E-state index contributed by atoms with van der Waals surface area (Å²) in [6, 6.07) is 8.71. The Morgan fingerprint density at radius 2 is 2.07 bits per heavy atom. The van der Waals surface area contributed by atoms with Gasteiger partial charge in [0.25, 0.3) is 11.1 Å². The van der Waals surface area contributed by atoms with Gasteiger partial charge < -0.3 is 15.2 Å². The lowest BCUT2D eigenvalue weighted by Crippen LogP contribution is -2.36. The number of imide groups is 1. The lowest BCUT2D eigenvalue weighted by atomic mass is 10.1. The summed E-state index contributed by atoms with van der Waals surface area (Å²) in [5.41, 5.74) is 0.224. The maximum Gasteiger partial charge on any atom is 0.294 e. The van der Waals surface area contributed by atoms with Crippen molar-refractivity contribution >= 4 is 56.5 Å². The number of nitrogens with zero attached hydrogens (tertiary/aromatic N) is 1. The summed E-state index contributed by atoms with van der Waals surface area (Å²) in [4.78, 5) is 37.8. The highest BCUT2D eigenvalue weighted by molar-refractivity contribution is 9.10. The second-order valence-corrected chi connectivity index (χ2v) is 7.98. The van der Waals surface area contributed by atoms with Gasteiger partial charge in [0.1, 0.15) is 12.4 Å². The van der Waals surface area contributed by atoms with Crippen molar-refractivity contribution in [3.05, 3.63) is 57.2 Å². The summed E-state index contributed by atoms with van der Waals surface area (Å²) < 4.78 is 19.6. The Labute approximate surface area is 184 Å². The van der Waals surface area contributed by atoms with Gasteiger partial charge in [-0.1, -0.05) is 28.1 Å². The van der Waals surface area contributed by atoms with Crippen LogP contribution in [0.25, 0.3) is 6.08 Å². The van der Waals surface area contributed by atoms with E-state index in [0.717, 1.165) is 4.90 Å². The van der Waals surface area contributed by atoms with E-state index in [0.29, 0.717) is 22.8 Å². The number of benzene rings is 2. The largest absolute Gasteiger partial charge is 0.504 e. The van der Waals surface area contributed by atoms with Gasteiger partial charge in [-0.15, -0.1) is 0 Å². The van der Waals surface area contributed by atoms with Crippen molar-refractivity contribution in [3.63, 3.8) is 0 Å². The SMILES string of the molecule is CCOc1cc(Br)cc(/C=C2\SC(=O)N(CC(=O)Nc3ccccc3F)C2=O)c1O. The molecule has 0 saturated carbocycles. The van der Waals surface area contributed by atoms with E-state index in [-0.39, 0.29) is 27.7 Å². The van der Waals surface area contributed by atoms with E-state index in [4.69, 9.17) is 4.74 Å². The Bertz CT molecular complexity index is 1060. The molecule has 10 heteroatoms. The first kappa shape index (κ1) is 21.8. The Balaban J connectivity index is 1.78. The van der Waals surface area contributed by atoms with Gasteiger partial charge in [0.05, 0.1) is 17.2 Å². The molecule has 0 bridgehead atoms. The number of amides is 3. The molecule has 1 saturated heterocycles. The van der Waals surface area contributed by atoms with Gasteiger partial charge in [-0.2, -0.15) is 0 Å². The van der Waals surface area contributed by atoms with Crippen LogP contribution >= 0.6 is 27.7 Å². The molecule has 1 fully saturated rings. The lowest BCUT2D eigenvalue weighted by molar-refractivity contribution is -0.127. The third kappa shape index (κ3) is 4.82. The number of carbonyl (C=O) groups is 3. The number of hydrogen-bond acceptors (Lipinski definition) is 6. The highest BCUT2D eigenvalue weighted by Gasteiger charge is 2.36. The van der Waals surface area contributed by atoms with E-state index in [1.807, 2.05) is 0 Å². The van der Waals surface area contributed by atoms with Gasteiger partial charge in [-0.3, -0.25) is 19.3 Å². The minimum absolute atomic E-state index is 0.0366. The topological polar surface area (TPSA) is 95.9 Å². The molecule has 1 aliphatic heterocycles. The molecule has 30 heavy (non-hydrogen) atoms. The van der Waals surface area contributed by atoms with Crippen molar-refractivity contribution in [2.45, 2.75) is 6.92 Å². The quantitative estimate of drug-likeness (QED) is 0.578. The van der Waals surface area contributed by atoms with Gasteiger partial charge in [-0.05, 0) is 49.0 Å². The number of nitrogens with one attached hydrogen (secondary N) is 1. The van der Waals surface area contributed by atoms with E-state index in [9.17, 15) is 23.9 Å². The number of para-hydroxylation sites is 1. The molecule has 3 amide bonds. The first-order valence-corrected chi connectivity index (χ1v) is 10.4. The number of phenols is 1. The Morgan fingerprint density at radius 1 is 1.33 bits per heavy atom. The maximum absolute atomic E-state index is 13.7. The zero-order valence-electron chi connectivity index (χ0n) is 15.6. The van der Waals surface area contributed by atoms with Gasteiger partial charge in [0.15, 0.2) is 11.5 Å². The van der Waals surface area contributed by atoms with Crippen LogP contribution in [-0.2, 0) is 9.59 Å². The van der Waals surface area contributed by atoms with E-state index < -0.39 is 29.4 Å². The number of thioether (sulfide) groups is 1. The van der Waals surface area contributed by atoms with Crippen LogP contribution in [0.15, 0.2) is 45.8 Å². The molecule has 0 unspecified atom stereocenters. The Morgan fingerprint density at radius 3 is 2.77 bits per heavy atom. The fourth-order valence-electron chi connectivity index (χ4n) is 2.64. The molecule has 0 aromatic heterocycles. The lowest BCUT2D eigenvalue weighted by Gasteiger charge is -2.13. The molecule has 156 valence electrons. The maximum atomic E-state index is 13.7. The molecular formula is C20H16BrFN2O5S. The van der Waals surface area contributed by atoms with E-state index in [1.165, 1.54) is 24.3 Å². The van der Waals surface area contributed by atoms with Crippen molar-refractivity contribution < 1.29 is 28.6 Å². The Hall–Kier alpha value is -2.85. The predicted molar refractivity (Wildman–Crippen MR) is 115 cm³/mol. The van der Waals surface area contributed by atoms with Crippen LogP contribution in [0.3, 0.4) is 0 Å². The third-order valence-corrected chi connectivity index (χ3v) is 5.34. The fourth-order valence-corrected chi connectivity index (χ4v) is 3.93. The van der Waals surface area contributed by atoms with E-state index in [2.05, 4.69) is 21.2 Å². The summed E-state index contributed by atoms with van der Waals surface area (Å²) >= 11 is 3.94. The standard InChI is InChI=1S/C20H16BrFN2O5S/c1-2-29-15-9-12(21)7-11(18(15)26)8-16-19(27)24(20(28)30-16)10-17(25)23-14-6-4-3-5-13(14)22/h3-9,26H,2,10H2,1H3,(H,23,25)/b16-8-. The van der Waals surface area contributed by atoms with Gasteiger partial charge in [0.2, 0.25) is 5.91 Å². The van der Waals surface area contributed by atoms with Crippen LogP contribution in [0.5, 0.6) is 11.5 Å². The van der Waals surface area contributed by atoms with Gasteiger partial charge in [0, 0.05) is 10.0 Å². The minimum Gasteiger partial charge on any atom is -0.504 e. The molecule has 1 aliphatic rings. The number of halogens is 2. The van der Waals surface area contributed by atoms with Crippen LogP contribution in [-0.4, -0.2) is 40.2 Å². The van der Waals surface area contributed by atoms with Crippen molar-refractivity contribution in [1.82, 2.24) is 4.90 Å². The summed E-state index contributed by atoms with van der Waals surface area (Å²) in [7, 11) is 0. The molecule has 3 rings (SSSR count). The monoisotopic (exact) mass is 494 g/mol. The second kappa shape index (κ2) is 9.31. The third-order valence-electron chi connectivity index (χ3n) is 3.98. The van der Waals surface area contributed by atoms with Crippen molar-refractivity contribution in [3.8, 4) is 11.5 Å². The van der Waals surface area contributed by atoms with E-state index >= 15 is 0 Å². The van der Waals surface area contributed by atoms with Crippen molar-refractivity contribution in [1.29, 1.82) is 0 Å². The van der Waals surface area contributed by atoms with Gasteiger partial charge >= 0.3 is 0 Å². The van der Waals surface area contributed by atoms with E-state index in [1.54, 1.807) is 25.1 Å². The average Bonchev–Trinajstić information content (AvgIpc) is 2.95. The number of hydrogen-bond donors (Lipinski definition) is 2. The average molecular weight is 495 g/mol. The minimum atomic E-state index is -0.715. The molecule has 2 aromatic carbocycles. The molecule has 1 heterocycles. The predicted octanol–water partition coefficient (Wildman–Crippen LogP) is 4.37. The first-order chi connectivity index (χ1) is 14.3.